The van der Waals surface area contributed by atoms with Crippen LogP contribution in [-0.4, -0.2) is 16.5 Å². The van der Waals surface area contributed by atoms with Gasteiger partial charge in [0.25, 0.3) is 0 Å². The van der Waals surface area contributed by atoms with Crippen molar-refractivity contribution < 1.29 is 35.8 Å². The molecule has 0 rings (SSSR count). The van der Waals surface area contributed by atoms with Crippen molar-refractivity contribution in [2.75, 3.05) is 0 Å². The number of hydrogen-bond acceptors (Lipinski definition) is 3. The average Bonchev–Trinajstić information content (AvgIpc) is 1.82. The molecule has 0 aliphatic rings. The third-order valence-electron chi connectivity index (χ3n) is 1.31. The Morgan fingerprint density at radius 3 is 2.33 bits per heavy atom. The number of carbonyl (C=O) groups excluding carboxylic acids is 1. The second-order valence-corrected chi connectivity index (χ2v) is 4.31. The number of amides is 1. The van der Waals surface area contributed by atoms with Crippen LogP contribution < -0.4 is 34.9 Å². The van der Waals surface area contributed by atoms with Gasteiger partial charge in [0, 0.05) is 17.5 Å². The number of carbonyl (C=O) groups is 1. The summed E-state index contributed by atoms with van der Waals surface area (Å²) in [7, 11) is 0. The van der Waals surface area contributed by atoms with Gasteiger partial charge in [0.15, 0.2) is 0 Å². The summed E-state index contributed by atoms with van der Waals surface area (Å²) in [6, 6.07) is 0.231. The first-order valence-corrected chi connectivity index (χ1v) is 4.69. The van der Waals surface area contributed by atoms with Crippen LogP contribution in [0.2, 0.25) is 0 Å². The number of thiol groups is 2. The fraction of sp³-hybridized carbons (Fsp3) is 0.857. The van der Waals surface area contributed by atoms with E-state index >= 15 is 0 Å². The zero-order valence-electron chi connectivity index (χ0n) is 8.87. The van der Waals surface area contributed by atoms with Crippen LogP contribution in [-0.2, 0) is 4.79 Å². The van der Waals surface area contributed by atoms with E-state index in [4.69, 9.17) is 0 Å². The molecular formula is C7H16NNaOS2. The summed E-state index contributed by atoms with van der Waals surface area (Å²) >= 11 is 8.23. The first-order chi connectivity index (χ1) is 5.02. The van der Waals surface area contributed by atoms with Gasteiger partial charge in [-0.1, -0.05) is 0 Å². The molecule has 0 spiro atoms. The topological polar surface area (TPSA) is 29.1 Å². The molecule has 1 amide bonds. The molecule has 0 aliphatic carbocycles. The molecule has 0 aromatic rings. The molecule has 0 aliphatic heterocycles. The SMILES string of the molecule is CC(=O)NC(C)CCC(S)S.[H-].[Na+]. The van der Waals surface area contributed by atoms with Gasteiger partial charge >= 0.3 is 29.6 Å². The van der Waals surface area contributed by atoms with Crippen LogP contribution in [0.25, 0.3) is 0 Å². The smallest absolute Gasteiger partial charge is 1.00 e. The van der Waals surface area contributed by atoms with Crippen molar-refractivity contribution in [2.24, 2.45) is 0 Å². The van der Waals surface area contributed by atoms with E-state index in [9.17, 15) is 4.79 Å². The van der Waals surface area contributed by atoms with Crippen molar-refractivity contribution >= 4 is 31.2 Å². The second kappa shape index (κ2) is 8.75. The molecule has 68 valence electrons. The Balaban J connectivity index is -0.000000500. The minimum atomic E-state index is 0. The van der Waals surface area contributed by atoms with E-state index < -0.39 is 0 Å². The standard InChI is InChI=1S/C7H15NOS2.Na.H/c1-5(8-6(2)9)3-4-7(10)11;;/h5,7,10-11H,3-4H2,1-2H3,(H,8,9);;/q;+1;-1. The molecule has 0 aromatic carbocycles. The largest absolute Gasteiger partial charge is 1.00 e. The molecular weight excluding hydrogens is 201 g/mol. The van der Waals surface area contributed by atoms with Gasteiger partial charge in [-0.25, -0.2) is 0 Å². The van der Waals surface area contributed by atoms with Crippen molar-refractivity contribution in [1.82, 2.24) is 5.32 Å². The maximum atomic E-state index is 10.5. The average molecular weight is 217 g/mol. The quantitative estimate of drug-likeness (QED) is 0.302. The summed E-state index contributed by atoms with van der Waals surface area (Å²) in [5, 5.41) is 2.79. The normalized spacial score (nSPS) is 12.1. The van der Waals surface area contributed by atoms with Crippen LogP contribution in [0.4, 0.5) is 0 Å². The van der Waals surface area contributed by atoms with Crippen molar-refractivity contribution in [3.05, 3.63) is 0 Å². The number of rotatable bonds is 4. The van der Waals surface area contributed by atoms with Crippen molar-refractivity contribution in [1.29, 1.82) is 0 Å². The van der Waals surface area contributed by atoms with E-state index in [1.807, 2.05) is 6.92 Å². The maximum absolute atomic E-state index is 10.5. The summed E-state index contributed by atoms with van der Waals surface area (Å²) in [5.74, 6) is 0.0207. The predicted molar refractivity (Wildman–Crippen MR) is 55.4 cm³/mol. The van der Waals surface area contributed by atoms with Crippen molar-refractivity contribution in [3.63, 3.8) is 0 Å². The Kier molecular flexibility index (Phi) is 11.4. The summed E-state index contributed by atoms with van der Waals surface area (Å²) in [4.78, 5) is 10.5. The molecule has 1 unspecified atom stereocenters. The Morgan fingerprint density at radius 1 is 1.50 bits per heavy atom. The van der Waals surface area contributed by atoms with Gasteiger partial charge in [-0.2, -0.15) is 25.3 Å². The van der Waals surface area contributed by atoms with E-state index in [2.05, 4.69) is 30.6 Å². The van der Waals surface area contributed by atoms with E-state index in [0.29, 0.717) is 0 Å². The van der Waals surface area contributed by atoms with Gasteiger partial charge in [0.2, 0.25) is 5.91 Å². The molecule has 0 bridgehead atoms. The summed E-state index contributed by atoms with van der Waals surface area (Å²) in [6.45, 7) is 3.50. The minimum absolute atomic E-state index is 0. The van der Waals surface area contributed by atoms with Gasteiger partial charge in [-0.15, -0.1) is 0 Å². The maximum Gasteiger partial charge on any atom is 1.00 e. The molecule has 2 nitrogen and oxygen atoms in total. The number of hydrogen-bond donors (Lipinski definition) is 3. The van der Waals surface area contributed by atoms with Gasteiger partial charge in [-0.05, 0) is 19.8 Å². The zero-order chi connectivity index (χ0) is 8.85. The number of nitrogens with one attached hydrogen (secondary N) is 1. The van der Waals surface area contributed by atoms with Crippen LogP contribution >= 0.6 is 25.3 Å². The Morgan fingerprint density at radius 2 is 2.00 bits per heavy atom. The molecule has 0 saturated carbocycles. The molecule has 12 heavy (non-hydrogen) atoms. The fourth-order valence-corrected chi connectivity index (χ4v) is 1.12. The van der Waals surface area contributed by atoms with Crippen molar-refractivity contribution in [2.45, 2.75) is 37.3 Å². The first kappa shape index (κ1) is 15.6. The fourth-order valence-electron chi connectivity index (χ4n) is 0.818. The molecule has 5 heteroatoms. The van der Waals surface area contributed by atoms with Crippen molar-refractivity contribution in [3.8, 4) is 0 Å². The van der Waals surface area contributed by atoms with Crippen LogP contribution in [0.1, 0.15) is 28.1 Å². The second-order valence-electron chi connectivity index (χ2n) is 2.66. The molecule has 0 fully saturated rings. The summed E-state index contributed by atoms with van der Waals surface area (Å²) < 4.78 is 0.117. The first-order valence-electron chi connectivity index (χ1n) is 3.65. The van der Waals surface area contributed by atoms with Gasteiger partial charge in [0.05, 0.1) is 0 Å². The third kappa shape index (κ3) is 11.2. The predicted octanol–water partition coefficient (Wildman–Crippen LogP) is -1.41. The molecule has 1 N–H and O–H groups in total. The van der Waals surface area contributed by atoms with Gasteiger partial charge in [0.1, 0.15) is 0 Å². The van der Waals surface area contributed by atoms with Crippen LogP contribution in [0, 0.1) is 0 Å². The molecule has 0 heterocycles. The monoisotopic (exact) mass is 217 g/mol. The molecule has 0 radical (unpaired) electrons. The molecule has 0 aromatic heterocycles. The van der Waals surface area contributed by atoms with Crippen LogP contribution in [0.15, 0.2) is 0 Å². The summed E-state index contributed by atoms with van der Waals surface area (Å²) in [6.07, 6.45) is 1.84. The molecule has 0 saturated heterocycles. The van der Waals surface area contributed by atoms with E-state index in [0.717, 1.165) is 12.8 Å². The van der Waals surface area contributed by atoms with Crippen LogP contribution in [0.5, 0.6) is 0 Å². The zero-order valence-corrected chi connectivity index (χ0v) is 11.7. The molecule has 1 atom stereocenters. The Hall–Kier alpha value is 1.17. The third-order valence-corrected chi connectivity index (χ3v) is 1.82. The van der Waals surface area contributed by atoms with Gasteiger partial charge < -0.3 is 6.74 Å². The Labute approximate surface area is 109 Å². The van der Waals surface area contributed by atoms with E-state index in [1.54, 1.807) is 0 Å². The summed E-state index contributed by atoms with van der Waals surface area (Å²) in [5.41, 5.74) is 0. The van der Waals surface area contributed by atoms with E-state index in [1.165, 1.54) is 6.92 Å². The van der Waals surface area contributed by atoms with E-state index in [-0.39, 0.29) is 47.5 Å². The Bertz CT molecular complexity index is 138. The van der Waals surface area contributed by atoms with Gasteiger partial charge in [-0.3, -0.25) is 4.79 Å². The minimum Gasteiger partial charge on any atom is -1.00 e. The van der Waals surface area contributed by atoms with Crippen LogP contribution in [0.3, 0.4) is 0 Å².